The standard InChI is InChI=1S/C17H19ClN2/c1-12(13-5-4-8-19-11-13)20-15-9-14(10-15)16-6-2-3-7-17(16)18/h2-8,11-12,14-15,20H,9-10H2,1H3/t12-,14?,15?/m1/s1. The molecule has 0 bridgehead atoms. The summed E-state index contributed by atoms with van der Waals surface area (Å²) in [6, 6.07) is 13.2. The molecule has 104 valence electrons. The molecule has 0 unspecified atom stereocenters. The van der Waals surface area contributed by atoms with E-state index in [0.29, 0.717) is 18.0 Å². The van der Waals surface area contributed by atoms with Gasteiger partial charge >= 0.3 is 0 Å². The van der Waals surface area contributed by atoms with E-state index in [4.69, 9.17) is 11.6 Å². The van der Waals surface area contributed by atoms with Crippen molar-refractivity contribution >= 4 is 11.6 Å². The summed E-state index contributed by atoms with van der Waals surface area (Å²) in [6.07, 6.45) is 6.07. The highest BCUT2D eigenvalue weighted by Gasteiger charge is 2.32. The Morgan fingerprint density at radius 1 is 1.20 bits per heavy atom. The maximum atomic E-state index is 6.25. The third-order valence-electron chi connectivity index (χ3n) is 4.15. The number of halogens is 1. The third kappa shape index (κ3) is 2.87. The number of hydrogen-bond acceptors (Lipinski definition) is 2. The second kappa shape index (κ2) is 5.94. The molecule has 2 aromatic rings. The Morgan fingerprint density at radius 3 is 2.70 bits per heavy atom. The first-order valence-electron chi connectivity index (χ1n) is 7.14. The van der Waals surface area contributed by atoms with Crippen LogP contribution >= 0.6 is 11.6 Å². The molecule has 1 N–H and O–H groups in total. The smallest absolute Gasteiger partial charge is 0.0440 e. The van der Waals surface area contributed by atoms with Gasteiger partial charge in [0.25, 0.3) is 0 Å². The van der Waals surface area contributed by atoms with Crippen molar-refractivity contribution in [1.82, 2.24) is 10.3 Å². The molecule has 1 aromatic heterocycles. The molecule has 2 nitrogen and oxygen atoms in total. The van der Waals surface area contributed by atoms with Crippen LogP contribution in [-0.4, -0.2) is 11.0 Å². The monoisotopic (exact) mass is 286 g/mol. The number of pyridine rings is 1. The van der Waals surface area contributed by atoms with Gasteiger partial charge in [-0.2, -0.15) is 0 Å². The molecule has 1 aliphatic carbocycles. The molecule has 1 saturated carbocycles. The van der Waals surface area contributed by atoms with Crippen molar-refractivity contribution in [3.05, 3.63) is 64.9 Å². The zero-order valence-corrected chi connectivity index (χ0v) is 12.3. The van der Waals surface area contributed by atoms with Gasteiger partial charge in [-0.15, -0.1) is 0 Å². The Bertz CT molecular complexity index is 564. The first kappa shape index (κ1) is 13.6. The van der Waals surface area contributed by atoms with Crippen molar-refractivity contribution in [1.29, 1.82) is 0 Å². The number of nitrogens with zero attached hydrogens (tertiary/aromatic N) is 1. The number of aromatic nitrogens is 1. The molecule has 0 amide bonds. The molecule has 1 aliphatic rings. The highest BCUT2D eigenvalue weighted by atomic mass is 35.5. The number of benzene rings is 1. The third-order valence-corrected chi connectivity index (χ3v) is 4.50. The topological polar surface area (TPSA) is 24.9 Å². The highest BCUT2D eigenvalue weighted by Crippen LogP contribution is 2.40. The summed E-state index contributed by atoms with van der Waals surface area (Å²) in [7, 11) is 0. The van der Waals surface area contributed by atoms with E-state index < -0.39 is 0 Å². The van der Waals surface area contributed by atoms with Gasteiger partial charge in [-0.3, -0.25) is 4.98 Å². The van der Waals surface area contributed by atoms with Gasteiger partial charge in [-0.05, 0) is 48.9 Å². The maximum absolute atomic E-state index is 6.25. The predicted octanol–water partition coefficient (Wildman–Crippen LogP) is 4.33. The minimum absolute atomic E-state index is 0.348. The van der Waals surface area contributed by atoms with Crippen LogP contribution < -0.4 is 5.32 Å². The molecule has 0 aliphatic heterocycles. The van der Waals surface area contributed by atoms with E-state index in [2.05, 4.69) is 35.4 Å². The molecule has 20 heavy (non-hydrogen) atoms. The predicted molar refractivity (Wildman–Crippen MR) is 83.0 cm³/mol. The Hall–Kier alpha value is -1.38. The normalized spacial score (nSPS) is 23.1. The first-order chi connectivity index (χ1) is 9.74. The van der Waals surface area contributed by atoms with E-state index >= 15 is 0 Å². The fraction of sp³-hybridized carbons (Fsp3) is 0.353. The lowest BCUT2D eigenvalue weighted by molar-refractivity contribution is 0.271. The van der Waals surface area contributed by atoms with Crippen LogP contribution in [0, 0.1) is 0 Å². The highest BCUT2D eigenvalue weighted by molar-refractivity contribution is 6.31. The van der Waals surface area contributed by atoms with Gasteiger partial charge in [-0.1, -0.05) is 35.9 Å². The maximum Gasteiger partial charge on any atom is 0.0440 e. The number of nitrogens with one attached hydrogen (secondary N) is 1. The summed E-state index contributed by atoms with van der Waals surface area (Å²) >= 11 is 6.25. The molecular formula is C17H19ClN2. The summed E-state index contributed by atoms with van der Waals surface area (Å²) in [6.45, 7) is 2.19. The van der Waals surface area contributed by atoms with Gasteiger partial charge < -0.3 is 5.32 Å². The fourth-order valence-corrected chi connectivity index (χ4v) is 3.19. The summed E-state index contributed by atoms with van der Waals surface area (Å²) < 4.78 is 0. The van der Waals surface area contributed by atoms with Gasteiger partial charge in [-0.25, -0.2) is 0 Å². The van der Waals surface area contributed by atoms with E-state index in [9.17, 15) is 0 Å². The molecule has 0 spiro atoms. The van der Waals surface area contributed by atoms with Crippen molar-refractivity contribution in [2.45, 2.75) is 37.8 Å². The molecule has 1 atom stereocenters. The van der Waals surface area contributed by atoms with Crippen LogP contribution in [0.5, 0.6) is 0 Å². The average molecular weight is 287 g/mol. The van der Waals surface area contributed by atoms with Gasteiger partial charge in [0.05, 0.1) is 0 Å². The first-order valence-corrected chi connectivity index (χ1v) is 7.52. The van der Waals surface area contributed by atoms with Crippen LogP contribution in [0.4, 0.5) is 0 Å². The SMILES string of the molecule is C[C@@H](NC1CC(c2ccccc2Cl)C1)c1cccnc1. The lowest BCUT2D eigenvalue weighted by Gasteiger charge is -2.38. The van der Waals surface area contributed by atoms with Crippen LogP contribution in [0.3, 0.4) is 0 Å². The van der Waals surface area contributed by atoms with Crippen LogP contribution in [0.15, 0.2) is 48.8 Å². The second-order valence-electron chi connectivity index (χ2n) is 5.56. The lowest BCUT2D eigenvalue weighted by Crippen LogP contribution is -2.41. The molecule has 1 heterocycles. The van der Waals surface area contributed by atoms with E-state index in [1.807, 2.05) is 30.6 Å². The van der Waals surface area contributed by atoms with Crippen molar-refractivity contribution in [2.24, 2.45) is 0 Å². The van der Waals surface area contributed by atoms with Crippen LogP contribution in [0.25, 0.3) is 0 Å². The molecule has 1 aromatic carbocycles. The Balaban J connectivity index is 1.55. The van der Waals surface area contributed by atoms with Gasteiger partial charge in [0.15, 0.2) is 0 Å². The van der Waals surface area contributed by atoms with Crippen molar-refractivity contribution < 1.29 is 0 Å². The van der Waals surface area contributed by atoms with Gasteiger partial charge in [0.1, 0.15) is 0 Å². The summed E-state index contributed by atoms with van der Waals surface area (Å²) in [4.78, 5) is 4.17. The number of rotatable bonds is 4. The summed E-state index contributed by atoms with van der Waals surface area (Å²) in [5.74, 6) is 0.599. The molecule has 0 saturated heterocycles. The Morgan fingerprint density at radius 2 is 2.00 bits per heavy atom. The molecule has 0 radical (unpaired) electrons. The van der Waals surface area contributed by atoms with E-state index in [1.54, 1.807) is 0 Å². The van der Waals surface area contributed by atoms with E-state index in [0.717, 1.165) is 17.9 Å². The van der Waals surface area contributed by atoms with Gasteiger partial charge in [0.2, 0.25) is 0 Å². The molecule has 1 fully saturated rings. The number of hydrogen-bond donors (Lipinski definition) is 1. The Kier molecular flexibility index (Phi) is 4.04. The van der Waals surface area contributed by atoms with E-state index in [1.165, 1.54) is 11.1 Å². The quantitative estimate of drug-likeness (QED) is 0.905. The summed E-state index contributed by atoms with van der Waals surface area (Å²) in [5, 5.41) is 4.57. The molecule has 3 heteroatoms. The minimum atomic E-state index is 0.348. The van der Waals surface area contributed by atoms with Crippen LogP contribution in [0.2, 0.25) is 5.02 Å². The molecule has 3 rings (SSSR count). The van der Waals surface area contributed by atoms with Crippen molar-refractivity contribution in [3.63, 3.8) is 0 Å². The van der Waals surface area contributed by atoms with Crippen molar-refractivity contribution in [2.75, 3.05) is 0 Å². The fourth-order valence-electron chi connectivity index (χ4n) is 2.90. The Labute approximate surface area is 125 Å². The van der Waals surface area contributed by atoms with Crippen LogP contribution in [-0.2, 0) is 0 Å². The zero-order chi connectivity index (χ0) is 13.9. The van der Waals surface area contributed by atoms with Crippen LogP contribution in [0.1, 0.15) is 42.9 Å². The lowest BCUT2D eigenvalue weighted by atomic mass is 9.75. The van der Waals surface area contributed by atoms with Gasteiger partial charge in [0, 0.05) is 29.5 Å². The second-order valence-corrected chi connectivity index (χ2v) is 5.97. The van der Waals surface area contributed by atoms with E-state index in [-0.39, 0.29) is 0 Å². The molecular weight excluding hydrogens is 268 g/mol. The van der Waals surface area contributed by atoms with Crippen molar-refractivity contribution in [3.8, 4) is 0 Å². The minimum Gasteiger partial charge on any atom is -0.307 e. The largest absolute Gasteiger partial charge is 0.307 e. The zero-order valence-electron chi connectivity index (χ0n) is 11.6. The average Bonchev–Trinajstić information content (AvgIpc) is 2.44. The summed E-state index contributed by atoms with van der Waals surface area (Å²) in [5.41, 5.74) is 2.54.